The molecule has 0 aromatic heterocycles. The van der Waals surface area contributed by atoms with Gasteiger partial charge in [-0.15, -0.1) is 0 Å². The number of carbonyl (C=O) groups excluding carboxylic acids is 1. The number of nitrogens with one attached hydrogen (secondary N) is 1. The maximum absolute atomic E-state index is 12.9. The van der Waals surface area contributed by atoms with E-state index in [1.54, 1.807) is 12.1 Å². The molecule has 0 saturated carbocycles. The van der Waals surface area contributed by atoms with Crippen LogP contribution >= 0.6 is 0 Å². The van der Waals surface area contributed by atoms with E-state index in [1.807, 2.05) is 24.3 Å². The highest BCUT2D eigenvalue weighted by Crippen LogP contribution is 2.21. The van der Waals surface area contributed by atoms with E-state index in [1.165, 1.54) is 37.4 Å². The first-order valence-corrected chi connectivity index (χ1v) is 9.31. The highest BCUT2D eigenvalue weighted by atomic mass is 32.2. The van der Waals surface area contributed by atoms with Crippen molar-refractivity contribution >= 4 is 32.4 Å². The first-order valence-electron chi connectivity index (χ1n) is 7.87. The number of rotatable bonds is 5. The van der Waals surface area contributed by atoms with Gasteiger partial charge in [-0.1, -0.05) is 30.3 Å². The third-order valence-electron chi connectivity index (χ3n) is 3.92. The monoisotopic (exact) mass is 372 g/mol. The van der Waals surface area contributed by atoms with Gasteiger partial charge in [-0.3, -0.25) is 4.79 Å². The molecule has 134 valence electrons. The van der Waals surface area contributed by atoms with Crippen molar-refractivity contribution in [3.8, 4) is 0 Å². The van der Waals surface area contributed by atoms with Crippen molar-refractivity contribution in [1.82, 2.24) is 4.31 Å². The fraction of sp³-hybridized carbons (Fsp3) is 0.105. The van der Waals surface area contributed by atoms with E-state index >= 15 is 0 Å². The summed E-state index contributed by atoms with van der Waals surface area (Å²) in [5, 5.41) is 4.28. The smallest absolute Gasteiger partial charge is 0.243 e. The van der Waals surface area contributed by atoms with Crippen LogP contribution in [0.2, 0.25) is 0 Å². The second-order valence-electron chi connectivity index (χ2n) is 5.83. The largest absolute Gasteiger partial charge is 0.325 e. The molecule has 0 saturated heterocycles. The number of halogens is 1. The number of likely N-dealkylation sites (N-methyl/N-ethyl adjacent to an activating group) is 1. The molecule has 0 atom stereocenters. The Morgan fingerprint density at radius 3 is 2.35 bits per heavy atom. The van der Waals surface area contributed by atoms with Crippen molar-refractivity contribution in [2.75, 3.05) is 18.9 Å². The van der Waals surface area contributed by atoms with Crippen LogP contribution in [0.15, 0.2) is 71.6 Å². The molecule has 5 nitrogen and oxygen atoms in total. The molecular formula is C19H17FN2O3S. The molecule has 1 N–H and O–H groups in total. The lowest BCUT2D eigenvalue weighted by atomic mass is 10.1. The predicted molar refractivity (Wildman–Crippen MR) is 98.8 cm³/mol. The Hall–Kier alpha value is -2.77. The van der Waals surface area contributed by atoms with E-state index < -0.39 is 21.7 Å². The Labute approximate surface area is 151 Å². The van der Waals surface area contributed by atoms with Gasteiger partial charge < -0.3 is 5.32 Å². The number of amides is 1. The minimum Gasteiger partial charge on any atom is -0.325 e. The predicted octanol–water partition coefficient (Wildman–Crippen LogP) is 3.24. The molecule has 0 spiro atoms. The first kappa shape index (κ1) is 18.0. The highest BCUT2D eigenvalue weighted by Gasteiger charge is 2.23. The van der Waals surface area contributed by atoms with Crippen LogP contribution in [-0.4, -0.2) is 32.2 Å². The second kappa shape index (κ2) is 7.23. The molecule has 3 aromatic carbocycles. The molecule has 0 fully saturated rings. The van der Waals surface area contributed by atoms with Gasteiger partial charge in [0.15, 0.2) is 0 Å². The zero-order valence-electron chi connectivity index (χ0n) is 14.0. The molecule has 1 amide bonds. The van der Waals surface area contributed by atoms with Crippen LogP contribution in [-0.2, 0) is 14.8 Å². The number of anilines is 1. The van der Waals surface area contributed by atoms with E-state index in [0.717, 1.165) is 15.1 Å². The topological polar surface area (TPSA) is 66.5 Å². The molecule has 0 aliphatic rings. The number of benzene rings is 3. The number of fused-ring (bicyclic) bond motifs is 1. The average molecular weight is 372 g/mol. The van der Waals surface area contributed by atoms with Gasteiger partial charge in [0.25, 0.3) is 0 Å². The van der Waals surface area contributed by atoms with Crippen LogP contribution in [0.5, 0.6) is 0 Å². The Bertz CT molecular complexity index is 1050. The summed E-state index contributed by atoms with van der Waals surface area (Å²) in [6.45, 7) is -0.355. The summed E-state index contributed by atoms with van der Waals surface area (Å²) in [5.41, 5.74) is 0.396. The fourth-order valence-corrected chi connectivity index (χ4v) is 3.69. The molecule has 7 heteroatoms. The van der Waals surface area contributed by atoms with Crippen LogP contribution in [0.25, 0.3) is 10.8 Å². The molecule has 0 unspecified atom stereocenters. The summed E-state index contributed by atoms with van der Waals surface area (Å²) in [6, 6.07) is 17.5. The third-order valence-corrected chi connectivity index (χ3v) is 5.72. The van der Waals surface area contributed by atoms with Crippen LogP contribution in [0, 0.1) is 5.82 Å². The molecule has 0 aliphatic heterocycles. The molecule has 0 bridgehead atoms. The minimum atomic E-state index is -3.81. The van der Waals surface area contributed by atoms with E-state index in [9.17, 15) is 17.6 Å². The van der Waals surface area contributed by atoms with Crippen molar-refractivity contribution in [3.05, 3.63) is 72.5 Å². The summed E-state index contributed by atoms with van der Waals surface area (Å²) >= 11 is 0. The van der Waals surface area contributed by atoms with E-state index in [4.69, 9.17) is 0 Å². The van der Waals surface area contributed by atoms with Crippen LogP contribution in [0.1, 0.15) is 0 Å². The zero-order chi connectivity index (χ0) is 18.7. The summed E-state index contributed by atoms with van der Waals surface area (Å²) in [4.78, 5) is 12.2. The SMILES string of the molecule is CN(CC(=O)Nc1ccc(F)cc1)S(=O)(=O)c1ccc2ccccc2c1. The molecular weight excluding hydrogens is 355 g/mol. The molecule has 3 rings (SSSR count). The van der Waals surface area contributed by atoms with Crippen molar-refractivity contribution in [2.24, 2.45) is 0 Å². The summed E-state index contributed by atoms with van der Waals surface area (Å²) in [5.74, 6) is -0.928. The van der Waals surface area contributed by atoms with Gasteiger partial charge in [0.05, 0.1) is 11.4 Å². The van der Waals surface area contributed by atoms with Gasteiger partial charge in [-0.25, -0.2) is 12.8 Å². The second-order valence-corrected chi connectivity index (χ2v) is 7.87. The van der Waals surface area contributed by atoms with Gasteiger partial charge in [0, 0.05) is 12.7 Å². The highest BCUT2D eigenvalue weighted by molar-refractivity contribution is 7.89. The molecule has 0 radical (unpaired) electrons. The Kier molecular flexibility index (Phi) is 5.01. The fourth-order valence-electron chi connectivity index (χ4n) is 2.53. The molecule has 26 heavy (non-hydrogen) atoms. The lowest BCUT2D eigenvalue weighted by Gasteiger charge is -2.17. The van der Waals surface area contributed by atoms with E-state index in [2.05, 4.69) is 5.32 Å². The van der Waals surface area contributed by atoms with E-state index in [-0.39, 0.29) is 11.4 Å². The van der Waals surface area contributed by atoms with Crippen molar-refractivity contribution < 1.29 is 17.6 Å². The maximum atomic E-state index is 12.9. The first-order chi connectivity index (χ1) is 12.4. The summed E-state index contributed by atoms with van der Waals surface area (Å²) in [7, 11) is -2.47. The van der Waals surface area contributed by atoms with Crippen molar-refractivity contribution in [1.29, 1.82) is 0 Å². The zero-order valence-corrected chi connectivity index (χ0v) is 14.8. The number of nitrogens with zero attached hydrogens (tertiary/aromatic N) is 1. The van der Waals surface area contributed by atoms with Crippen LogP contribution in [0.4, 0.5) is 10.1 Å². The number of hydrogen-bond acceptors (Lipinski definition) is 3. The van der Waals surface area contributed by atoms with Gasteiger partial charge in [-0.05, 0) is 47.2 Å². The van der Waals surface area contributed by atoms with Crippen molar-refractivity contribution in [3.63, 3.8) is 0 Å². The lowest BCUT2D eigenvalue weighted by molar-refractivity contribution is -0.116. The van der Waals surface area contributed by atoms with Gasteiger partial charge >= 0.3 is 0 Å². The molecule has 3 aromatic rings. The lowest BCUT2D eigenvalue weighted by Crippen LogP contribution is -2.34. The normalized spacial score (nSPS) is 11.7. The Morgan fingerprint density at radius 2 is 1.65 bits per heavy atom. The third kappa shape index (κ3) is 3.89. The minimum absolute atomic E-state index is 0.119. The maximum Gasteiger partial charge on any atom is 0.243 e. The number of sulfonamides is 1. The number of hydrogen-bond donors (Lipinski definition) is 1. The molecule has 0 aliphatic carbocycles. The summed E-state index contributed by atoms with van der Waals surface area (Å²) < 4.78 is 39.3. The molecule has 0 heterocycles. The van der Waals surface area contributed by atoms with E-state index in [0.29, 0.717) is 5.69 Å². The van der Waals surface area contributed by atoms with Gasteiger partial charge in [0.2, 0.25) is 15.9 Å². The van der Waals surface area contributed by atoms with Crippen LogP contribution in [0.3, 0.4) is 0 Å². The van der Waals surface area contributed by atoms with Gasteiger partial charge in [-0.2, -0.15) is 4.31 Å². The van der Waals surface area contributed by atoms with Crippen LogP contribution < -0.4 is 5.32 Å². The Balaban J connectivity index is 1.75. The quantitative estimate of drug-likeness (QED) is 0.748. The standard InChI is InChI=1S/C19H17FN2O3S/c1-22(13-19(23)21-17-9-7-16(20)8-10-17)26(24,25)18-11-6-14-4-2-3-5-15(14)12-18/h2-12H,13H2,1H3,(H,21,23). The van der Waals surface area contributed by atoms with Crippen molar-refractivity contribution in [2.45, 2.75) is 4.90 Å². The average Bonchev–Trinajstić information content (AvgIpc) is 2.63. The summed E-state index contributed by atoms with van der Waals surface area (Å²) in [6.07, 6.45) is 0. The van der Waals surface area contributed by atoms with Gasteiger partial charge in [0.1, 0.15) is 5.82 Å². The number of carbonyl (C=O) groups is 1. The Morgan fingerprint density at radius 1 is 1.00 bits per heavy atom.